The van der Waals surface area contributed by atoms with Crippen molar-refractivity contribution in [2.24, 2.45) is 0 Å². The highest BCUT2D eigenvalue weighted by Crippen LogP contribution is 2.24. The van der Waals surface area contributed by atoms with Gasteiger partial charge in [-0.25, -0.2) is 13.1 Å². The maximum absolute atomic E-state index is 12.1. The van der Waals surface area contributed by atoms with Gasteiger partial charge >= 0.3 is 0 Å². The summed E-state index contributed by atoms with van der Waals surface area (Å²) >= 11 is 0. The second-order valence-corrected chi connectivity index (χ2v) is 5.65. The Morgan fingerprint density at radius 3 is 2.45 bits per heavy atom. The Labute approximate surface area is 116 Å². The quantitative estimate of drug-likeness (QED) is 0.453. The van der Waals surface area contributed by atoms with Crippen molar-refractivity contribution in [1.82, 2.24) is 4.72 Å². The molecule has 0 spiro atoms. The van der Waals surface area contributed by atoms with Gasteiger partial charge in [0, 0.05) is 25.8 Å². The van der Waals surface area contributed by atoms with Crippen molar-refractivity contribution in [2.45, 2.75) is 18.1 Å². The van der Waals surface area contributed by atoms with Gasteiger partial charge in [-0.3, -0.25) is 10.1 Å². The minimum atomic E-state index is -3.88. The number of hydrogen-bond acceptors (Lipinski definition) is 6. The largest absolute Gasteiger partial charge is 0.355 e. The summed E-state index contributed by atoms with van der Waals surface area (Å²) in [7, 11) is -1.12. The summed E-state index contributed by atoms with van der Waals surface area (Å²) in [6.45, 7) is 1.29. The number of methoxy groups -OCH3 is 2. The van der Waals surface area contributed by atoms with E-state index in [1.54, 1.807) is 0 Å². The SMILES string of the molecule is COC(CNS(=O)(=O)c1cccc([N+](=O)[O-])c1C)OC. The van der Waals surface area contributed by atoms with Crippen molar-refractivity contribution >= 4 is 15.7 Å². The highest BCUT2D eigenvalue weighted by atomic mass is 32.2. The summed E-state index contributed by atoms with van der Waals surface area (Å²) in [5.74, 6) is 0. The van der Waals surface area contributed by atoms with E-state index in [1.165, 1.54) is 39.3 Å². The topological polar surface area (TPSA) is 108 Å². The third-order valence-electron chi connectivity index (χ3n) is 2.71. The van der Waals surface area contributed by atoms with Crippen LogP contribution in [0.15, 0.2) is 23.1 Å². The van der Waals surface area contributed by atoms with Crippen LogP contribution in [0.5, 0.6) is 0 Å². The number of rotatable bonds is 7. The lowest BCUT2D eigenvalue weighted by atomic mass is 10.2. The Morgan fingerprint density at radius 2 is 1.95 bits per heavy atom. The number of benzene rings is 1. The van der Waals surface area contributed by atoms with Crippen molar-refractivity contribution in [3.8, 4) is 0 Å². The van der Waals surface area contributed by atoms with Crippen molar-refractivity contribution in [2.75, 3.05) is 20.8 Å². The van der Waals surface area contributed by atoms with Crippen LogP contribution in [0.2, 0.25) is 0 Å². The number of sulfonamides is 1. The Kier molecular flexibility index (Phi) is 5.57. The fourth-order valence-corrected chi connectivity index (χ4v) is 2.89. The molecule has 1 rings (SSSR count). The summed E-state index contributed by atoms with van der Waals surface area (Å²) < 4.78 is 36.3. The molecule has 1 aromatic rings. The molecule has 20 heavy (non-hydrogen) atoms. The van der Waals surface area contributed by atoms with Crippen LogP contribution in [-0.4, -0.2) is 40.4 Å². The Hall–Kier alpha value is -1.55. The first-order valence-electron chi connectivity index (χ1n) is 5.62. The predicted octanol–water partition coefficient (Wildman–Crippen LogP) is 0.800. The molecule has 0 radical (unpaired) electrons. The smallest absolute Gasteiger partial charge is 0.273 e. The van der Waals surface area contributed by atoms with Gasteiger partial charge in [0.1, 0.15) is 0 Å². The van der Waals surface area contributed by atoms with Gasteiger partial charge in [-0.1, -0.05) is 6.07 Å². The van der Waals surface area contributed by atoms with Gasteiger partial charge in [0.2, 0.25) is 10.0 Å². The molecule has 0 aliphatic carbocycles. The zero-order valence-corrected chi connectivity index (χ0v) is 12.1. The van der Waals surface area contributed by atoms with Gasteiger partial charge in [-0.2, -0.15) is 0 Å². The van der Waals surface area contributed by atoms with Gasteiger partial charge in [0.15, 0.2) is 6.29 Å². The number of nitro groups is 1. The molecule has 0 atom stereocenters. The molecule has 1 aromatic carbocycles. The molecule has 0 saturated carbocycles. The normalized spacial score (nSPS) is 11.8. The maximum atomic E-state index is 12.1. The Bertz CT molecular complexity index is 583. The van der Waals surface area contributed by atoms with E-state index in [0.29, 0.717) is 0 Å². The lowest BCUT2D eigenvalue weighted by Gasteiger charge is -2.15. The second kappa shape index (κ2) is 6.75. The highest BCUT2D eigenvalue weighted by Gasteiger charge is 2.23. The van der Waals surface area contributed by atoms with Crippen molar-refractivity contribution in [3.05, 3.63) is 33.9 Å². The van der Waals surface area contributed by atoms with Gasteiger partial charge < -0.3 is 9.47 Å². The molecule has 0 amide bonds. The number of hydrogen-bond donors (Lipinski definition) is 1. The predicted molar refractivity (Wildman–Crippen MR) is 70.8 cm³/mol. The summed E-state index contributed by atoms with van der Waals surface area (Å²) in [5, 5.41) is 10.8. The van der Waals surface area contributed by atoms with Gasteiger partial charge in [0.25, 0.3) is 5.69 Å². The Morgan fingerprint density at radius 1 is 1.35 bits per heavy atom. The molecule has 0 unspecified atom stereocenters. The average Bonchev–Trinajstić information content (AvgIpc) is 2.39. The zero-order chi connectivity index (χ0) is 15.3. The first-order chi connectivity index (χ1) is 9.33. The molecule has 0 aliphatic rings. The fraction of sp³-hybridized carbons (Fsp3) is 0.455. The van der Waals surface area contributed by atoms with Crippen LogP contribution in [0.1, 0.15) is 5.56 Å². The molecule has 1 N–H and O–H groups in total. The number of nitrogens with zero attached hydrogens (tertiary/aromatic N) is 1. The molecule has 0 saturated heterocycles. The van der Waals surface area contributed by atoms with E-state index in [4.69, 9.17) is 9.47 Å². The minimum Gasteiger partial charge on any atom is -0.355 e. The third kappa shape index (κ3) is 3.73. The molecule has 0 aromatic heterocycles. The zero-order valence-electron chi connectivity index (χ0n) is 11.3. The van der Waals surface area contributed by atoms with Gasteiger partial charge in [-0.15, -0.1) is 0 Å². The summed E-state index contributed by atoms with van der Waals surface area (Å²) in [6, 6.07) is 3.88. The van der Waals surface area contributed by atoms with Crippen LogP contribution in [0.4, 0.5) is 5.69 Å². The first kappa shape index (κ1) is 16.5. The molecular formula is C11H16N2O6S. The van der Waals surface area contributed by atoms with Crippen LogP contribution in [0.25, 0.3) is 0 Å². The average molecular weight is 304 g/mol. The van der Waals surface area contributed by atoms with Crippen LogP contribution >= 0.6 is 0 Å². The lowest BCUT2D eigenvalue weighted by Crippen LogP contribution is -2.34. The molecule has 8 nitrogen and oxygen atoms in total. The number of nitro benzene ring substituents is 1. The van der Waals surface area contributed by atoms with Crippen molar-refractivity contribution in [3.63, 3.8) is 0 Å². The second-order valence-electron chi connectivity index (χ2n) is 3.91. The van der Waals surface area contributed by atoms with E-state index in [-0.39, 0.29) is 22.7 Å². The first-order valence-corrected chi connectivity index (χ1v) is 7.11. The molecule has 9 heteroatoms. The van der Waals surface area contributed by atoms with Crippen LogP contribution in [0, 0.1) is 17.0 Å². The molecule has 0 bridgehead atoms. The van der Waals surface area contributed by atoms with E-state index >= 15 is 0 Å². The Balaban J connectivity index is 3.04. The summed E-state index contributed by atoms with van der Waals surface area (Å²) in [6.07, 6.45) is -0.733. The summed E-state index contributed by atoms with van der Waals surface area (Å²) in [5.41, 5.74) is -0.167. The molecule has 0 fully saturated rings. The van der Waals surface area contributed by atoms with Gasteiger partial charge in [-0.05, 0) is 13.0 Å². The number of ether oxygens (including phenoxy) is 2. The maximum Gasteiger partial charge on any atom is 0.273 e. The van der Waals surface area contributed by atoms with Crippen LogP contribution < -0.4 is 4.72 Å². The standard InChI is InChI=1S/C11H16N2O6S/c1-8-9(13(14)15)5-4-6-10(8)20(16,17)12-7-11(18-2)19-3/h4-6,11-12H,7H2,1-3H3. The molecule has 112 valence electrons. The van der Waals surface area contributed by atoms with E-state index < -0.39 is 21.2 Å². The monoisotopic (exact) mass is 304 g/mol. The molecule has 0 aliphatic heterocycles. The minimum absolute atomic E-state index is 0.0800. The van der Waals surface area contributed by atoms with E-state index in [1.807, 2.05) is 0 Å². The van der Waals surface area contributed by atoms with Crippen molar-refractivity contribution in [1.29, 1.82) is 0 Å². The fourth-order valence-electron chi connectivity index (χ4n) is 1.61. The third-order valence-corrected chi connectivity index (χ3v) is 4.28. The van der Waals surface area contributed by atoms with E-state index in [0.717, 1.165) is 0 Å². The summed E-state index contributed by atoms with van der Waals surface area (Å²) in [4.78, 5) is 10.0. The molecule has 0 heterocycles. The lowest BCUT2D eigenvalue weighted by molar-refractivity contribution is -0.385. The van der Waals surface area contributed by atoms with Crippen LogP contribution in [-0.2, 0) is 19.5 Å². The van der Waals surface area contributed by atoms with Gasteiger partial charge in [0.05, 0.1) is 16.4 Å². The van der Waals surface area contributed by atoms with E-state index in [9.17, 15) is 18.5 Å². The van der Waals surface area contributed by atoms with E-state index in [2.05, 4.69) is 4.72 Å². The van der Waals surface area contributed by atoms with Crippen LogP contribution in [0.3, 0.4) is 0 Å². The molecular weight excluding hydrogens is 288 g/mol. The van der Waals surface area contributed by atoms with Crippen molar-refractivity contribution < 1.29 is 22.8 Å². The number of nitrogens with one attached hydrogen (secondary N) is 1. The highest BCUT2D eigenvalue weighted by molar-refractivity contribution is 7.89.